The Labute approximate surface area is 194 Å². The first-order chi connectivity index (χ1) is 15.9. The number of halogens is 1. The summed E-state index contributed by atoms with van der Waals surface area (Å²) in [6.07, 6.45) is 0. The minimum atomic E-state index is -0.364. The number of carbonyl (C=O) groups excluding carboxylic acids is 2. The predicted molar refractivity (Wildman–Crippen MR) is 125 cm³/mol. The van der Waals surface area contributed by atoms with Crippen molar-refractivity contribution in [1.29, 1.82) is 0 Å². The number of aryl methyl sites for hydroxylation is 1. The maximum atomic E-state index is 13.8. The first kappa shape index (κ1) is 23.0. The molecule has 0 aliphatic carbocycles. The number of rotatable bonds is 5. The molecule has 0 radical (unpaired) electrons. The lowest BCUT2D eigenvalue weighted by Crippen LogP contribution is -2.54. The SMILES string of the molecule is COc1ccc(N2CCN(C(=O)CN3CCN(C(=O)c4ccc(C)c(F)c4)CC3)CC2)cc1. The molecule has 0 N–H and O–H groups in total. The number of hydrogen-bond donors (Lipinski definition) is 0. The van der Waals surface area contributed by atoms with Gasteiger partial charge in [-0.15, -0.1) is 0 Å². The van der Waals surface area contributed by atoms with Crippen LogP contribution in [0.1, 0.15) is 15.9 Å². The van der Waals surface area contributed by atoms with Gasteiger partial charge in [-0.3, -0.25) is 14.5 Å². The summed E-state index contributed by atoms with van der Waals surface area (Å²) in [6.45, 7) is 7.38. The van der Waals surface area contributed by atoms with Gasteiger partial charge in [0.1, 0.15) is 11.6 Å². The number of amides is 2. The highest BCUT2D eigenvalue weighted by atomic mass is 19.1. The molecule has 0 atom stereocenters. The van der Waals surface area contributed by atoms with Crippen LogP contribution in [0, 0.1) is 12.7 Å². The molecule has 4 rings (SSSR count). The van der Waals surface area contributed by atoms with Crippen molar-refractivity contribution >= 4 is 17.5 Å². The number of nitrogens with zero attached hydrogens (tertiary/aromatic N) is 4. The molecule has 2 aliphatic heterocycles. The summed E-state index contributed by atoms with van der Waals surface area (Å²) in [6, 6.07) is 12.6. The van der Waals surface area contributed by atoms with Gasteiger partial charge in [-0.1, -0.05) is 6.07 Å². The molecule has 176 valence electrons. The Morgan fingerprint density at radius 1 is 0.879 bits per heavy atom. The van der Waals surface area contributed by atoms with Gasteiger partial charge in [0.2, 0.25) is 5.91 Å². The average Bonchev–Trinajstić information content (AvgIpc) is 2.86. The van der Waals surface area contributed by atoms with Crippen LogP contribution in [0.3, 0.4) is 0 Å². The molecule has 0 saturated carbocycles. The van der Waals surface area contributed by atoms with E-state index in [4.69, 9.17) is 4.74 Å². The predicted octanol–water partition coefficient (Wildman–Crippen LogP) is 2.25. The normalized spacial score (nSPS) is 17.2. The van der Waals surface area contributed by atoms with Crippen molar-refractivity contribution in [3.8, 4) is 5.75 Å². The van der Waals surface area contributed by atoms with E-state index in [1.54, 1.807) is 31.1 Å². The van der Waals surface area contributed by atoms with E-state index in [1.807, 2.05) is 29.2 Å². The van der Waals surface area contributed by atoms with Gasteiger partial charge in [0.25, 0.3) is 5.91 Å². The number of anilines is 1. The first-order valence-corrected chi connectivity index (χ1v) is 11.4. The summed E-state index contributed by atoms with van der Waals surface area (Å²) in [5.41, 5.74) is 2.04. The van der Waals surface area contributed by atoms with Crippen molar-refractivity contribution < 1.29 is 18.7 Å². The fraction of sp³-hybridized carbons (Fsp3) is 0.440. The van der Waals surface area contributed by atoms with E-state index in [2.05, 4.69) is 9.80 Å². The Hall–Kier alpha value is -3.13. The Morgan fingerprint density at radius 2 is 1.52 bits per heavy atom. The molecule has 2 aliphatic rings. The van der Waals surface area contributed by atoms with Gasteiger partial charge in [0.15, 0.2) is 0 Å². The molecule has 8 heteroatoms. The van der Waals surface area contributed by atoms with Gasteiger partial charge >= 0.3 is 0 Å². The van der Waals surface area contributed by atoms with Crippen molar-refractivity contribution in [2.45, 2.75) is 6.92 Å². The van der Waals surface area contributed by atoms with E-state index in [0.717, 1.165) is 24.5 Å². The Kier molecular flexibility index (Phi) is 7.13. The average molecular weight is 455 g/mol. The molecule has 2 fully saturated rings. The fourth-order valence-corrected chi connectivity index (χ4v) is 4.32. The van der Waals surface area contributed by atoms with E-state index in [-0.39, 0.29) is 17.6 Å². The number of piperazine rings is 2. The zero-order chi connectivity index (χ0) is 23.4. The standard InChI is InChI=1S/C25H31FN4O3/c1-19-3-4-20(17-23(19)26)25(32)30-11-9-27(10-12-30)18-24(31)29-15-13-28(14-16-29)21-5-7-22(33-2)8-6-21/h3-8,17H,9-16,18H2,1-2H3. The van der Waals surface area contributed by atoms with Crippen LogP contribution >= 0.6 is 0 Å². The van der Waals surface area contributed by atoms with Crippen LogP contribution in [0.4, 0.5) is 10.1 Å². The highest BCUT2D eigenvalue weighted by molar-refractivity contribution is 5.94. The summed E-state index contributed by atoms with van der Waals surface area (Å²) in [5, 5.41) is 0. The van der Waals surface area contributed by atoms with Crippen molar-refractivity contribution in [1.82, 2.24) is 14.7 Å². The second kappa shape index (κ2) is 10.2. The van der Waals surface area contributed by atoms with Crippen LogP contribution in [0.15, 0.2) is 42.5 Å². The zero-order valence-corrected chi connectivity index (χ0v) is 19.3. The van der Waals surface area contributed by atoms with Gasteiger partial charge in [-0.05, 0) is 48.9 Å². The number of ether oxygens (including phenoxy) is 1. The summed E-state index contributed by atoms with van der Waals surface area (Å²) < 4.78 is 19.0. The molecule has 7 nitrogen and oxygen atoms in total. The Balaban J connectivity index is 1.22. The van der Waals surface area contributed by atoms with Crippen LogP contribution in [0.25, 0.3) is 0 Å². The Morgan fingerprint density at radius 3 is 2.12 bits per heavy atom. The van der Waals surface area contributed by atoms with Crippen LogP contribution < -0.4 is 9.64 Å². The summed E-state index contributed by atoms with van der Waals surface area (Å²) in [4.78, 5) is 33.5. The lowest BCUT2D eigenvalue weighted by atomic mass is 10.1. The number of methoxy groups -OCH3 is 1. The molecule has 0 bridgehead atoms. The Bertz CT molecular complexity index is 982. The number of benzene rings is 2. The molecule has 2 amide bonds. The van der Waals surface area contributed by atoms with Gasteiger partial charge in [0.05, 0.1) is 13.7 Å². The van der Waals surface area contributed by atoms with Crippen molar-refractivity contribution in [3.63, 3.8) is 0 Å². The topological polar surface area (TPSA) is 56.3 Å². The fourth-order valence-electron chi connectivity index (χ4n) is 4.32. The number of hydrogen-bond acceptors (Lipinski definition) is 5. The monoisotopic (exact) mass is 454 g/mol. The molecule has 2 aromatic rings. The third kappa shape index (κ3) is 5.45. The van der Waals surface area contributed by atoms with E-state index in [0.29, 0.717) is 56.9 Å². The van der Waals surface area contributed by atoms with Crippen LogP contribution in [0.2, 0.25) is 0 Å². The second-order valence-corrected chi connectivity index (χ2v) is 8.60. The van der Waals surface area contributed by atoms with E-state index < -0.39 is 0 Å². The largest absolute Gasteiger partial charge is 0.497 e. The summed E-state index contributed by atoms with van der Waals surface area (Å²) in [7, 11) is 1.66. The van der Waals surface area contributed by atoms with E-state index in [9.17, 15) is 14.0 Å². The quantitative estimate of drug-likeness (QED) is 0.694. The highest BCUT2D eigenvalue weighted by Crippen LogP contribution is 2.21. The molecule has 0 spiro atoms. The molecule has 0 unspecified atom stereocenters. The van der Waals surface area contributed by atoms with Crippen LogP contribution in [0.5, 0.6) is 5.75 Å². The summed E-state index contributed by atoms with van der Waals surface area (Å²) in [5.74, 6) is 0.442. The zero-order valence-electron chi connectivity index (χ0n) is 19.3. The smallest absolute Gasteiger partial charge is 0.254 e. The maximum absolute atomic E-state index is 13.8. The molecular weight excluding hydrogens is 423 g/mol. The lowest BCUT2D eigenvalue weighted by Gasteiger charge is -2.38. The molecule has 33 heavy (non-hydrogen) atoms. The first-order valence-electron chi connectivity index (χ1n) is 11.4. The van der Waals surface area contributed by atoms with Crippen molar-refractivity contribution in [2.24, 2.45) is 0 Å². The van der Waals surface area contributed by atoms with Gasteiger partial charge in [-0.2, -0.15) is 0 Å². The molecule has 2 heterocycles. The van der Waals surface area contributed by atoms with E-state index >= 15 is 0 Å². The number of carbonyl (C=O) groups is 2. The highest BCUT2D eigenvalue weighted by Gasteiger charge is 2.27. The van der Waals surface area contributed by atoms with Crippen molar-refractivity contribution in [3.05, 3.63) is 59.4 Å². The van der Waals surface area contributed by atoms with Gasteiger partial charge in [0, 0.05) is 63.6 Å². The van der Waals surface area contributed by atoms with Gasteiger partial charge < -0.3 is 19.4 Å². The third-order valence-corrected chi connectivity index (χ3v) is 6.51. The van der Waals surface area contributed by atoms with Crippen LogP contribution in [-0.2, 0) is 4.79 Å². The second-order valence-electron chi connectivity index (χ2n) is 8.60. The molecule has 0 aromatic heterocycles. The lowest BCUT2D eigenvalue weighted by molar-refractivity contribution is -0.133. The minimum Gasteiger partial charge on any atom is -0.497 e. The van der Waals surface area contributed by atoms with Crippen LogP contribution in [-0.4, -0.2) is 92.5 Å². The third-order valence-electron chi connectivity index (χ3n) is 6.51. The van der Waals surface area contributed by atoms with Gasteiger partial charge in [-0.25, -0.2) is 4.39 Å². The van der Waals surface area contributed by atoms with Crippen molar-refractivity contribution in [2.75, 3.05) is 70.9 Å². The molecular formula is C25H31FN4O3. The molecule has 2 aromatic carbocycles. The summed E-state index contributed by atoms with van der Waals surface area (Å²) >= 11 is 0. The molecule has 2 saturated heterocycles. The minimum absolute atomic E-state index is 0.129. The maximum Gasteiger partial charge on any atom is 0.254 e. The van der Waals surface area contributed by atoms with E-state index in [1.165, 1.54) is 6.07 Å².